The van der Waals surface area contributed by atoms with E-state index in [9.17, 15) is 9.59 Å². The molecule has 34 heavy (non-hydrogen) atoms. The number of para-hydroxylation sites is 2. The van der Waals surface area contributed by atoms with Crippen LogP contribution >= 0.6 is 0 Å². The summed E-state index contributed by atoms with van der Waals surface area (Å²) in [7, 11) is 1.69. The molecule has 1 aliphatic heterocycles. The fourth-order valence-corrected chi connectivity index (χ4v) is 3.48. The van der Waals surface area contributed by atoms with Crippen LogP contribution in [0.25, 0.3) is 0 Å². The first-order valence-electron chi connectivity index (χ1n) is 11.2. The molecule has 2 amide bonds. The number of ether oxygens (including phenoxy) is 2. The number of amides is 2. The summed E-state index contributed by atoms with van der Waals surface area (Å²) >= 11 is 0. The number of fused-ring (bicyclic) bond motifs is 2. The van der Waals surface area contributed by atoms with Crippen molar-refractivity contribution in [1.82, 2.24) is 24.8 Å². The summed E-state index contributed by atoms with van der Waals surface area (Å²) in [5.74, 6) is 1.51. The summed E-state index contributed by atoms with van der Waals surface area (Å²) in [4.78, 5) is 42.5. The normalized spacial score (nSPS) is 14.6. The second kappa shape index (κ2) is 10.3. The lowest BCUT2D eigenvalue weighted by Crippen LogP contribution is -2.41. The Hall–Kier alpha value is -4.01. The molecule has 1 aromatic carbocycles. The lowest BCUT2D eigenvalue weighted by Gasteiger charge is -2.26. The third-order valence-electron chi connectivity index (χ3n) is 5.45. The van der Waals surface area contributed by atoms with Gasteiger partial charge in [0.25, 0.3) is 11.8 Å². The van der Waals surface area contributed by atoms with Crippen LogP contribution in [-0.4, -0.2) is 69.9 Å². The summed E-state index contributed by atoms with van der Waals surface area (Å²) in [6.07, 6.45) is 4.67. The van der Waals surface area contributed by atoms with E-state index in [1.165, 1.54) is 0 Å². The van der Waals surface area contributed by atoms with Crippen molar-refractivity contribution < 1.29 is 19.1 Å². The smallest absolute Gasteiger partial charge is 0.259 e. The monoisotopic (exact) mass is 461 g/mol. The van der Waals surface area contributed by atoms with Gasteiger partial charge < -0.3 is 19.3 Å². The number of rotatable bonds is 2. The zero-order valence-electron chi connectivity index (χ0n) is 19.5. The molecular weight excluding hydrogens is 434 g/mol. The highest BCUT2D eigenvalue weighted by molar-refractivity contribution is 5.96. The van der Waals surface area contributed by atoms with Gasteiger partial charge in [0, 0.05) is 44.6 Å². The van der Waals surface area contributed by atoms with Crippen LogP contribution in [0.15, 0.2) is 55.0 Å². The van der Waals surface area contributed by atoms with Crippen molar-refractivity contribution in [2.45, 2.75) is 19.8 Å². The molecule has 3 heterocycles. The number of likely N-dealkylation sites (N-methyl/N-ethyl adjacent to an activating group) is 1. The van der Waals surface area contributed by atoms with Crippen LogP contribution in [0.2, 0.25) is 0 Å². The molecule has 9 heteroatoms. The fraction of sp³-hybridized carbons (Fsp3) is 0.320. The predicted octanol–water partition coefficient (Wildman–Crippen LogP) is 3.39. The Balaban J connectivity index is 1.63. The summed E-state index contributed by atoms with van der Waals surface area (Å²) in [5, 5.41) is 0. The van der Waals surface area contributed by atoms with Crippen molar-refractivity contribution in [1.29, 1.82) is 0 Å². The van der Waals surface area contributed by atoms with E-state index in [2.05, 4.69) is 15.0 Å². The van der Waals surface area contributed by atoms with Gasteiger partial charge in [-0.3, -0.25) is 9.59 Å². The molecule has 0 spiro atoms. The van der Waals surface area contributed by atoms with Crippen LogP contribution in [0.1, 0.15) is 46.3 Å². The van der Waals surface area contributed by atoms with Gasteiger partial charge in [-0.15, -0.1) is 0 Å². The average Bonchev–Trinajstić information content (AvgIpc) is 2.86. The van der Waals surface area contributed by atoms with E-state index in [-0.39, 0.29) is 30.2 Å². The first kappa shape index (κ1) is 23.2. The van der Waals surface area contributed by atoms with Crippen LogP contribution in [0.5, 0.6) is 17.4 Å². The summed E-state index contributed by atoms with van der Waals surface area (Å²) in [5.41, 5.74) is 0.718. The Kier molecular flexibility index (Phi) is 7.01. The van der Waals surface area contributed by atoms with Gasteiger partial charge in [-0.05, 0) is 24.3 Å². The number of carbonyl (C=O) groups excluding carboxylic acids is 2. The maximum absolute atomic E-state index is 13.3. The van der Waals surface area contributed by atoms with E-state index < -0.39 is 0 Å². The zero-order chi connectivity index (χ0) is 24.1. The topological polar surface area (TPSA) is 97.8 Å². The van der Waals surface area contributed by atoms with Crippen LogP contribution in [-0.2, 0) is 0 Å². The summed E-state index contributed by atoms with van der Waals surface area (Å²) < 4.78 is 11.9. The standard InChI is InChI=1S/C25H27N5O4/c1-17(2)22-27-15-18(16-28-22)24(31)30-12-11-29(3)25(32)19-7-6-10-26-23(19)34-21-9-5-4-8-20(21)33-14-13-30/h4-10,15-17H,11-14H2,1-3H3. The van der Waals surface area contributed by atoms with Crippen LogP contribution in [0.3, 0.4) is 0 Å². The Morgan fingerprint density at radius 3 is 2.44 bits per heavy atom. The van der Waals surface area contributed by atoms with Gasteiger partial charge in [0.15, 0.2) is 11.5 Å². The van der Waals surface area contributed by atoms with E-state index in [1.54, 1.807) is 59.7 Å². The maximum atomic E-state index is 13.3. The molecule has 0 saturated carbocycles. The largest absolute Gasteiger partial charge is 0.488 e. The highest BCUT2D eigenvalue weighted by atomic mass is 16.5. The van der Waals surface area contributed by atoms with Crippen molar-refractivity contribution >= 4 is 11.8 Å². The molecule has 0 atom stereocenters. The van der Waals surface area contributed by atoms with Crippen molar-refractivity contribution in [2.75, 3.05) is 33.3 Å². The number of nitrogens with zero attached hydrogens (tertiary/aromatic N) is 5. The summed E-state index contributed by atoms with van der Waals surface area (Å²) in [6.45, 7) is 5.17. The molecule has 0 N–H and O–H groups in total. The van der Waals surface area contributed by atoms with Gasteiger partial charge in [-0.25, -0.2) is 15.0 Å². The predicted molar refractivity (Wildman–Crippen MR) is 125 cm³/mol. The third kappa shape index (κ3) is 5.14. The Morgan fingerprint density at radius 2 is 1.71 bits per heavy atom. The van der Waals surface area contributed by atoms with Gasteiger partial charge in [0.1, 0.15) is 18.0 Å². The molecule has 9 nitrogen and oxygen atoms in total. The van der Waals surface area contributed by atoms with Gasteiger partial charge in [0.2, 0.25) is 5.88 Å². The minimum Gasteiger partial charge on any atom is -0.488 e. The molecular formula is C25H27N5O4. The molecule has 0 unspecified atom stereocenters. The fourth-order valence-electron chi connectivity index (χ4n) is 3.48. The SMILES string of the molecule is CC(C)c1ncc(C(=O)N2CCOc3ccccc3Oc3ncccc3C(=O)N(C)CC2)cn1. The van der Waals surface area contributed by atoms with E-state index in [1.807, 2.05) is 26.0 Å². The Labute approximate surface area is 198 Å². The van der Waals surface area contributed by atoms with Crippen molar-refractivity contribution in [3.63, 3.8) is 0 Å². The molecule has 0 radical (unpaired) electrons. The molecule has 176 valence electrons. The average molecular weight is 462 g/mol. The number of pyridine rings is 1. The first-order chi connectivity index (χ1) is 16.4. The van der Waals surface area contributed by atoms with Crippen LogP contribution in [0, 0.1) is 0 Å². The highest BCUT2D eigenvalue weighted by Crippen LogP contribution is 2.32. The van der Waals surface area contributed by atoms with Gasteiger partial charge in [-0.1, -0.05) is 26.0 Å². The minimum absolute atomic E-state index is 0.169. The van der Waals surface area contributed by atoms with Crippen LogP contribution < -0.4 is 9.47 Å². The number of aromatic nitrogens is 3. The van der Waals surface area contributed by atoms with Gasteiger partial charge in [-0.2, -0.15) is 0 Å². The molecule has 0 fully saturated rings. The zero-order valence-corrected chi connectivity index (χ0v) is 19.5. The molecule has 3 aromatic rings. The molecule has 1 aliphatic rings. The molecule has 0 aliphatic carbocycles. The second-order valence-corrected chi connectivity index (χ2v) is 8.26. The van der Waals surface area contributed by atoms with Crippen molar-refractivity contribution in [3.8, 4) is 17.4 Å². The van der Waals surface area contributed by atoms with E-state index in [4.69, 9.17) is 9.47 Å². The first-order valence-corrected chi connectivity index (χ1v) is 11.2. The Morgan fingerprint density at radius 1 is 0.971 bits per heavy atom. The van der Waals surface area contributed by atoms with E-state index >= 15 is 0 Å². The maximum Gasteiger partial charge on any atom is 0.259 e. The van der Waals surface area contributed by atoms with Crippen molar-refractivity contribution in [2.24, 2.45) is 0 Å². The molecule has 0 saturated heterocycles. The third-order valence-corrected chi connectivity index (χ3v) is 5.45. The van der Waals surface area contributed by atoms with Crippen LogP contribution in [0.4, 0.5) is 0 Å². The van der Waals surface area contributed by atoms with Crippen molar-refractivity contribution in [3.05, 3.63) is 71.9 Å². The molecule has 4 rings (SSSR count). The number of benzene rings is 1. The molecule has 2 aromatic heterocycles. The van der Waals surface area contributed by atoms with E-state index in [0.717, 1.165) is 0 Å². The van der Waals surface area contributed by atoms with Gasteiger partial charge >= 0.3 is 0 Å². The lowest BCUT2D eigenvalue weighted by molar-refractivity contribution is 0.0668. The summed E-state index contributed by atoms with van der Waals surface area (Å²) in [6, 6.07) is 10.5. The lowest BCUT2D eigenvalue weighted by atomic mass is 10.2. The Bertz CT molecular complexity index is 1170. The number of hydrogen-bond acceptors (Lipinski definition) is 7. The van der Waals surface area contributed by atoms with Gasteiger partial charge in [0.05, 0.1) is 12.1 Å². The molecule has 0 bridgehead atoms. The second-order valence-electron chi connectivity index (χ2n) is 8.26. The highest BCUT2D eigenvalue weighted by Gasteiger charge is 2.23. The van der Waals surface area contributed by atoms with E-state index in [0.29, 0.717) is 48.1 Å². The minimum atomic E-state index is -0.252. The quantitative estimate of drug-likeness (QED) is 0.577. The number of carbonyl (C=O) groups is 2. The number of hydrogen-bond donors (Lipinski definition) is 0.